The lowest BCUT2D eigenvalue weighted by Crippen LogP contribution is -2.42. The van der Waals surface area contributed by atoms with Crippen molar-refractivity contribution in [3.63, 3.8) is 0 Å². The molecular weight excluding hydrogens is 319 g/mol. The van der Waals surface area contributed by atoms with Crippen LogP contribution in [0.3, 0.4) is 0 Å². The predicted octanol–water partition coefficient (Wildman–Crippen LogP) is 5.31. The molecule has 1 atom stereocenters. The molecule has 7 heteroatoms. The minimum absolute atomic E-state index is 0.0184. The molecule has 0 N–H and O–H groups in total. The molecule has 0 heterocycles. The van der Waals surface area contributed by atoms with Gasteiger partial charge in [-0.3, -0.25) is 0 Å². The standard InChI is InChI=1S/C16H21F5O2/c1-5-14(3,4)12-6-8-13(9-7-12)23-11(2)22-10-15(17,18)16(19,20)21/h6-9,11H,5,10H2,1-4H3. The summed E-state index contributed by atoms with van der Waals surface area (Å²) in [4.78, 5) is 0. The van der Waals surface area contributed by atoms with Crippen molar-refractivity contribution in [3.05, 3.63) is 29.8 Å². The van der Waals surface area contributed by atoms with E-state index in [4.69, 9.17) is 4.74 Å². The van der Waals surface area contributed by atoms with Crippen LogP contribution in [0.2, 0.25) is 0 Å². The van der Waals surface area contributed by atoms with Gasteiger partial charge in [0.05, 0.1) is 0 Å². The number of hydrogen-bond donors (Lipinski definition) is 0. The number of benzene rings is 1. The van der Waals surface area contributed by atoms with Gasteiger partial charge in [0.2, 0.25) is 0 Å². The second-order valence-electron chi connectivity index (χ2n) is 5.96. The molecular formula is C16H21F5O2. The SMILES string of the molecule is CCC(C)(C)c1ccc(OC(C)OCC(F)(F)C(F)(F)F)cc1. The Hall–Kier alpha value is -1.37. The molecule has 23 heavy (non-hydrogen) atoms. The number of halogens is 5. The largest absolute Gasteiger partial charge is 0.465 e. The highest BCUT2D eigenvalue weighted by Crippen LogP contribution is 2.35. The number of hydrogen-bond acceptors (Lipinski definition) is 2. The van der Waals surface area contributed by atoms with Gasteiger partial charge in [-0.15, -0.1) is 0 Å². The zero-order valence-electron chi connectivity index (χ0n) is 13.5. The molecule has 1 unspecified atom stereocenters. The molecule has 0 bridgehead atoms. The lowest BCUT2D eigenvalue weighted by atomic mass is 9.82. The van der Waals surface area contributed by atoms with Crippen molar-refractivity contribution in [2.45, 2.75) is 57.9 Å². The van der Waals surface area contributed by atoms with Crippen molar-refractivity contribution in [1.29, 1.82) is 0 Å². The summed E-state index contributed by atoms with van der Waals surface area (Å²) in [5.74, 6) is -4.57. The fourth-order valence-electron chi connectivity index (χ4n) is 1.72. The molecule has 0 aliphatic carbocycles. The van der Waals surface area contributed by atoms with E-state index in [2.05, 4.69) is 25.5 Å². The summed E-state index contributed by atoms with van der Waals surface area (Å²) in [6, 6.07) is 6.93. The molecule has 0 aliphatic rings. The Morgan fingerprint density at radius 2 is 1.52 bits per heavy atom. The first kappa shape index (κ1) is 19.7. The topological polar surface area (TPSA) is 18.5 Å². The summed E-state index contributed by atoms with van der Waals surface area (Å²) in [5.41, 5.74) is 1.06. The second-order valence-corrected chi connectivity index (χ2v) is 5.96. The highest BCUT2D eigenvalue weighted by Gasteiger charge is 2.57. The van der Waals surface area contributed by atoms with Crippen molar-refractivity contribution in [2.24, 2.45) is 0 Å². The van der Waals surface area contributed by atoms with Gasteiger partial charge in [-0.25, -0.2) is 0 Å². The van der Waals surface area contributed by atoms with E-state index in [0.717, 1.165) is 12.0 Å². The molecule has 0 spiro atoms. The smallest absolute Gasteiger partial charge is 0.455 e. The Balaban J connectivity index is 2.60. The minimum atomic E-state index is -5.64. The Morgan fingerprint density at radius 3 is 1.96 bits per heavy atom. The van der Waals surface area contributed by atoms with Crippen LogP contribution in [0.4, 0.5) is 22.0 Å². The third kappa shape index (κ3) is 5.34. The summed E-state index contributed by atoms with van der Waals surface area (Å²) in [6.45, 7) is 5.69. The number of ether oxygens (including phenoxy) is 2. The van der Waals surface area contributed by atoms with Gasteiger partial charge in [-0.05, 0) is 36.5 Å². The zero-order chi connectivity index (χ0) is 17.9. The third-order valence-corrected chi connectivity index (χ3v) is 3.74. The maximum absolute atomic E-state index is 12.7. The van der Waals surface area contributed by atoms with E-state index >= 15 is 0 Å². The van der Waals surface area contributed by atoms with E-state index in [-0.39, 0.29) is 5.41 Å². The van der Waals surface area contributed by atoms with Crippen molar-refractivity contribution in [3.8, 4) is 5.75 Å². The summed E-state index contributed by atoms with van der Waals surface area (Å²) in [5, 5.41) is 0. The van der Waals surface area contributed by atoms with Gasteiger partial charge in [-0.2, -0.15) is 22.0 Å². The van der Waals surface area contributed by atoms with Gasteiger partial charge < -0.3 is 9.47 Å². The van der Waals surface area contributed by atoms with Crippen LogP contribution in [0.25, 0.3) is 0 Å². The van der Waals surface area contributed by atoms with Crippen molar-refractivity contribution >= 4 is 0 Å². The molecule has 0 saturated carbocycles. The van der Waals surface area contributed by atoms with E-state index in [0.29, 0.717) is 5.75 Å². The maximum atomic E-state index is 12.7. The first-order valence-electron chi connectivity index (χ1n) is 7.22. The molecule has 0 fully saturated rings. The van der Waals surface area contributed by atoms with Gasteiger partial charge in [0, 0.05) is 0 Å². The van der Waals surface area contributed by atoms with Crippen LogP contribution in [-0.2, 0) is 10.2 Å². The van der Waals surface area contributed by atoms with Gasteiger partial charge in [0.1, 0.15) is 12.4 Å². The summed E-state index contributed by atoms with van der Waals surface area (Å²) >= 11 is 0. The fraction of sp³-hybridized carbons (Fsp3) is 0.625. The maximum Gasteiger partial charge on any atom is 0.455 e. The second kappa shape index (κ2) is 7.03. The minimum Gasteiger partial charge on any atom is -0.465 e. The monoisotopic (exact) mass is 340 g/mol. The Labute approximate surface area is 132 Å². The van der Waals surface area contributed by atoms with Crippen LogP contribution in [0.5, 0.6) is 5.75 Å². The average Bonchev–Trinajstić information content (AvgIpc) is 2.44. The molecule has 1 aromatic carbocycles. The molecule has 132 valence electrons. The summed E-state index contributed by atoms with van der Waals surface area (Å²) in [6.07, 6.45) is -5.94. The average molecular weight is 340 g/mol. The molecule has 1 rings (SSSR count). The molecule has 0 aliphatic heterocycles. The van der Waals surface area contributed by atoms with Gasteiger partial charge in [0.15, 0.2) is 6.29 Å². The summed E-state index contributed by atoms with van der Waals surface area (Å²) < 4.78 is 71.2. The van der Waals surface area contributed by atoms with Crippen LogP contribution in [0.1, 0.15) is 39.7 Å². The molecule has 0 amide bonds. The van der Waals surface area contributed by atoms with Crippen molar-refractivity contribution in [2.75, 3.05) is 6.61 Å². The fourth-order valence-corrected chi connectivity index (χ4v) is 1.72. The van der Waals surface area contributed by atoms with Crippen LogP contribution in [0, 0.1) is 0 Å². The van der Waals surface area contributed by atoms with Gasteiger partial charge in [-0.1, -0.05) is 32.9 Å². The Morgan fingerprint density at radius 1 is 1.00 bits per heavy atom. The predicted molar refractivity (Wildman–Crippen MR) is 76.8 cm³/mol. The number of alkyl halides is 5. The van der Waals surface area contributed by atoms with Crippen LogP contribution in [-0.4, -0.2) is 25.0 Å². The van der Waals surface area contributed by atoms with E-state index in [1.807, 2.05) is 12.1 Å². The Kier molecular flexibility index (Phi) is 6.01. The van der Waals surface area contributed by atoms with E-state index < -0.39 is 25.0 Å². The van der Waals surface area contributed by atoms with Crippen molar-refractivity contribution < 1.29 is 31.4 Å². The quantitative estimate of drug-likeness (QED) is 0.494. The molecule has 1 aromatic rings. The molecule has 2 nitrogen and oxygen atoms in total. The zero-order valence-corrected chi connectivity index (χ0v) is 13.5. The molecule has 0 aromatic heterocycles. The number of rotatable bonds is 7. The normalized spacial score (nSPS) is 14.7. The van der Waals surface area contributed by atoms with Crippen LogP contribution in [0.15, 0.2) is 24.3 Å². The van der Waals surface area contributed by atoms with Crippen molar-refractivity contribution in [1.82, 2.24) is 0 Å². The van der Waals surface area contributed by atoms with E-state index in [1.54, 1.807) is 12.1 Å². The van der Waals surface area contributed by atoms with E-state index in [1.165, 1.54) is 6.92 Å². The molecule has 0 radical (unpaired) electrons. The highest BCUT2D eigenvalue weighted by molar-refractivity contribution is 5.31. The van der Waals surface area contributed by atoms with E-state index in [9.17, 15) is 22.0 Å². The first-order chi connectivity index (χ1) is 10.4. The van der Waals surface area contributed by atoms with Crippen LogP contribution < -0.4 is 4.74 Å². The molecule has 0 saturated heterocycles. The van der Waals surface area contributed by atoms with Gasteiger partial charge in [0.25, 0.3) is 0 Å². The third-order valence-electron chi connectivity index (χ3n) is 3.74. The summed E-state index contributed by atoms with van der Waals surface area (Å²) in [7, 11) is 0. The first-order valence-corrected chi connectivity index (χ1v) is 7.22. The lowest BCUT2D eigenvalue weighted by Gasteiger charge is -2.24. The van der Waals surface area contributed by atoms with Crippen LogP contribution >= 0.6 is 0 Å². The van der Waals surface area contributed by atoms with Gasteiger partial charge >= 0.3 is 12.1 Å². The lowest BCUT2D eigenvalue weighted by molar-refractivity contribution is -0.305. The Bertz CT molecular complexity index is 494. The highest BCUT2D eigenvalue weighted by atomic mass is 19.4.